The van der Waals surface area contributed by atoms with E-state index in [0.717, 1.165) is 22.2 Å². The van der Waals surface area contributed by atoms with Crippen LogP contribution in [-0.4, -0.2) is 28.3 Å². The minimum atomic E-state index is -1.09. The lowest BCUT2D eigenvalue weighted by molar-refractivity contribution is -0.144. The molecule has 0 saturated carbocycles. The highest BCUT2D eigenvalue weighted by Crippen LogP contribution is 2.37. The monoisotopic (exact) mass is 383 g/mol. The van der Waals surface area contributed by atoms with Gasteiger partial charge in [-0.15, -0.1) is 0 Å². The van der Waals surface area contributed by atoms with E-state index in [4.69, 9.17) is 9.84 Å². The van der Waals surface area contributed by atoms with Crippen LogP contribution in [0.3, 0.4) is 0 Å². The summed E-state index contributed by atoms with van der Waals surface area (Å²) in [5.41, 5.74) is 1.99. The molecular weight excluding hydrogens is 366 g/mol. The van der Waals surface area contributed by atoms with Crippen LogP contribution in [0.25, 0.3) is 6.08 Å². The van der Waals surface area contributed by atoms with Crippen LogP contribution in [0.2, 0.25) is 0 Å². The van der Waals surface area contributed by atoms with E-state index in [1.165, 1.54) is 6.92 Å². The number of carboxylic acids is 1. The zero-order valence-electron chi connectivity index (χ0n) is 14.7. The third-order valence-corrected chi connectivity index (χ3v) is 4.78. The van der Waals surface area contributed by atoms with Crippen molar-refractivity contribution >= 4 is 40.6 Å². The molecule has 2 aromatic rings. The maximum Gasteiger partial charge on any atom is 0.344 e. The fourth-order valence-corrected chi connectivity index (χ4v) is 3.38. The van der Waals surface area contributed by atoms with E-state index < -0.39 is 18.0 Å². The van der Waals surface area contributed by atoms with Crippen molar-refractivity contribution in [2.75, 3.05) is 4.90 Å². The molecular formula is C20H17NO5S. The molecule has 0 aliphatic carbocycles. The van der Waals surface area contributed by atoms with Crippen LogP contribution >= 0.6 is 11.8 Å². The van der Waals surface area contributed by atoms with Crippen molar-refractivity contribution in [3.63, 3.8) is 0 Å². The van der Waals surface area contributed by atoms with Crippen LogP contribution in [0, 0.1) is 6.92 Å². The number of thioether (sulfide) groups is 1. The normalized spacial score (nSPS) is 16.7. The molecule has 2 aromatic carbocycles. The summed E-state index contributed by atoms with van der Waals surface area (Å²) in [5.74, 6) is -1.18. The fourth-order valence-electron chi connectivity index (χ4n) is 2.55. The minimum Gasteiger partial charge on any atom is -0.479 e. The molecule has 1 unspecified atom stereocenters. The van der Waals surface area contributed by atoms with Crippen molar-refractivity contribution in [2.24, 2.45) is 0 Å². The average Bonchev–Trinajstić information content (AvgIpc) is 2.90. The Labute approximate surface area is 160 Å². The van der Waals surface area contributed by atoms with Gasteiger partial charge in [0.15, 0.2) is 6.10 Å². The second-order valence-corrected chi connectivity index (χ2v) is 6.99. The molecule has 138 valence electrons. The van der Waals surface area contributed by atoms with Crippen LogP contribution in [0.1, 0.15) is 18.1 Å². The quantitative estimate of drug-likeness (QED) is 0.783. The lowest BCUT2D eigenvalue weighted by Gasteiger charge is -2.13. The van der Waals surface area contributed by atoms with Gasteiger partial charge in [0.1, 0.15) is 5.75 Å². The van der Waals surface area contributed by atoms with Gasteiger partial charge in [0.25, 0.3) is 11.1 Å². The average molecular weight is 383 g/mol. The Balaban J connectivity index is 1.92. The number of imide groups is 1. The van der Waals surface area contributed by atoms with Crippen LogP contribution in [-0.2, 0) is 9.59 Å². The molecule has 0 bridgehead atoms. The van der Waals surface area contributed by atoms with Crippen molar-refractivity contribution in [1.29, 1.82) is 0 Å². The highest BCUT2D eigenvalue weighted by molar-refractivity contribution is 8.19. The Bertz CT molecular complexity index is 953. The first-order valence-corrected chi connectivity index (χ1v) is 9.01. The highest BCUT2D eigenvalue weighted by atomic mass is 32.2. The van der Waals surface area contributed by atoms with Crippen molar-refractivity contribution in [3.8, 4) is 5.75 Å². The van der Waals surface area contributed by atoms with E-state index >= 15 is 0 Å². The Morgan fingerprint density at radius 2 is 1.93 bits per heavy atom. The van der Waals surface area contributed by atoms with E-state index in [0.29, 0.717) is 17.0 Å². The Morgan fingerprint density at radius 3 is 2.63 bits per heavy atom. The van der Waals surface area contributed by atoms with Gasteiger partial charge >= 0.3 is 5.97 Å². The van der Waals surface area contributed by atoms with E-state index in [-0.39, 0.29) is 10.1 Å². The summed E-state index contributed by atoms with van der Waals surface area (Å²) < 4.78 is 5.44. The molecule has 1 aliphatic rings. The third-order valence-electron chi connectivity index (χ3n) is 3.91. The standard InChI is InChI=1S/C20H17NO5S/c1-12-6-5-8-15(10-12)21-18(22)17(27-20(21)25)11-14-7-3-4-9-16(14)26-13(2)19(23)24/h3-11,13H,1-2H3,(H,23,24)/b17-11+. The first kappa shape index (κ1) is 18.7. The lowest BCUT2D eigenvalue weighted by atomic mass is 10.1. The van der Waals surface area contributed by atoms with Crippen LogP contribution < -0.4 is 9.64 Å². The number of hydrogen-bond acceptors (Lipinski definition) is 5. The second kappa shape index (κ2) is 7.67. The number of para-hydroxylation sites is 1. The van der Waals surface area contributed by atoms with Crippen LogP contribution in [0.5, 0.6) is 5.75 Å². The molecule has 7 heteroatoms. The van der Waals surface area contributed by atoms with E-state index in [1.807, 2.05) is 13.0 Å². The Kier molecular flexibility index (Phi) is 5.32. The maximum atomic E-state index is 12.8. The zero-order valence-corrected chi connectivity index (χ0v) is 15.5. The summed E-state index contributed by atoms with van der Waals surface area (Å²) in [6.45, 7) is 3.31. The van der Waals surface area contributed by atoms with Gasteiger partial charge in [-0.3, -0.25) is 9.59 Å². The van der Waals surface area contributed by atoms with Gasteiger partial charge in [-0.25, -0.2) is 9.69 Å². The number of ether oxygens (including phenoxy) is 1. The van der Waals surface area contributed by atoms with Crippen LogP contribution in [0.4, 0.5) is 10.5 Å². The van der Waals surface area contributed by atoms with Crippen molar-refractivity contribution in [1.82, 2.24) is 0 Å². The number of carbonyl (C=O) groups excluding carboxylic acids is 2. The number of benzene rings is 2. The highest BCUT2D eigenvalue weighted by Gasteiger charge is 2.36. The number of aliphatic carboxylic acids is 1. The summed E-state index contributed by atoms with van der Waals surface area (Å²) >= 11 is 0.838. The molecule has 27 heavy (non-hydrogen) atoms. The largest absolute Gasteiger partial charge is 0.479 e. The molecule has 1 heterocycles. The van der Waals surface area contributed by atoms with Gasteiger partial charge in [0.2, 0.25) is 0 Å². The maximum absolute atomic E-state index is 12.8. The smallest absolute Gasteiger partial charge is 0.344 e. The second-order valence-electron chi connectivity index (χ2n) is 5.99. The Morgan fingerprint density at radius 1 is 1.19 bits per heavy atom. The molecule has 3 rings (SSSR count). The van der Waals surface area contributed by atoms with E-state index in [2.05, 4.69) is 0 Å². The first-order chi connectivity index (χ1) is 12.9. The molecule has 0 spiro atoms. The fraction of sp³-hybridized carbons (Fsp3) is 0.150. The molecule has 0 radical (unpaired) electrons. The number of carbonyl (C=O) groups is 3. The molecule has 0 aromatic heterocycles. The molecule has 1 N–H and O–H groups in total. The van der Waals surface area contributed by atoms with Crippen molar-refractivity contribution < 1.29 is 24.2 Å². The number of nitrogens with zero attached hydrogens (tertiary/aromatic N) is 1. The number of anilines is 1. The summed E-state index contributed by atoms with van der Waals surface area (Å²) in [5, 5.41) is 8.65. The number of carboxylic acid groups (broad SMARTS) is 1. The number of rotatable bonds is 5. The topological polar surface area (TPSA) is 83.9 Å². The summed E-state index contributed by atoms with van der Waals surface area (Å²) in [7, 11) is 0. The van der Waals surface area contributed by atoms with Gasteiger partial charge in [0, 0.05) is 5.56 Å². The first-order valence-electron chi connectivity index (χ1n) is 8.20. The summed E-state index contributed by atoms with van der Waals surface area (Å²) in [6.07, 6.45) is 0.506. The molecule has 1 aliphatic heterocycles. The van der Waals surface area contributed by atoms with Gasteiger partial charge < -0.3 is 9.84 Å². The lowest BCUT2D eigenvalue weighted by Crippen LogP contribution is -2.27. The summed E-state index contributed by atoms with van der Waals surface area (Å²) in [4.78, 5) is 37.5. The molecule has 6 nitrogen and oxygen atoms in total. The molecule has 1 fully saturated rings. The number of amides is 2. The SMILES string of the molecule is Cc1cccc(N2C(=O)S/C(=C/c3ccccc3OC(C)C(=O)O)C2=O)c1. The van der Waals surface area contributed by atoms with Crippen molar-refractivity contribution in [3.05, 3.63) is 64.6 Å². The number of hydrogen-bond donors (Lipinski definition) is 1. The molecule has 2 amide bonds. The predicted octanol–water partition coefficient (Wildman–Crippen LogP) is 4.09. The number of aryl methyl sites for hydroxylation is 1. The zero-order chi connectivity index (χ0) is 19.6. The van der Waals surface area contributed by atoms with Crippen molar-refractivity contribution in [2.45, 2.75) is 20.0 Å². The molecule has 1 saturated heterocycles. The van der Waals surface area contributed by atoms with Gasteiger partial charge in [0.05, 0.1) is 10.6 Å². The van der Waals surface area contributed by atoms with E-state index in [9.17, 15) is 14.4 Å². The van der Waals surface area contributed by atoms with Gasteiger partial charge in [-0.1, -0.05) is 30.3 Å². The van der Waals surface area contributed by atoms with E-state index in [1.54, 1.807) is 48.5 Å². The predicted molar refractivity (Wildman–Crippen MR) is 104 cm³/mol. The van der Waals surface area contributed by atoms with Crippen LogP contribution in [0.15, 0.2) is 53.4 Å². The van der Waals surface area contributed by atoms with Gasteiger partial charge in [-0.2, -0.15) is 0 Å². The third kappa shape index (κ3) is 4.03. The van der Waals surface area contributed by atoms with Gasteiger partial charge in [-0.05, 0) is 55.4 Å². The summed E-state index contributed by atoms with van der Waals surface area (Å²) in [6, 6.07) is 13.9. The molecule has 1 atom stereocenters. The Hall–Kier alpha value is -3.06. The minimum absolute atomic E-state index is 0.250.